The first-order valence-electron chi connectivity index (χ1n) is 3.74. The molecule has 1 heterocycles. The highest BCUT2D eigenvalue weighted by molar-refractivity contribution is 8.11. The van der Waals surface area contributed by atoms with E-state index in [2.05, 4.69) is 36.0 Å². The van der Waals surface area contributed by atoms with Crippen LogP contribution >= 0.6 is 10.5 Å². The summed E-state index contributed by atoms with van der Waals surface area (Å²) in [7, 11) is 0.299. The molecule has 1 unspecified atom stereocenters. The van der Waals surface area contributed by atoms with Crippen LogP contribution in [0.4, 0.5) is 0 Å². The van der Waals surface area contributed by atoms with Crippen molar-refractivity contribution in [2.75, 3.05) is 5.75 Å². The Morgan fingerprint density at radius 2 is 2.17 bits per heavy atom. The average Bonchev–Trinajstić information content (AvgIpc) is 2.47. The lowest BCUT2D eigenvalue weighted by Crippen LogP contribution is -3.00. The van der Waals surface area contributed by atoms with Gasteiger partial charge in [-0.1, -0.05) is 18.0 Å². The maximum absolute atomic E-state index is 4.34. The minimum absolute atomic E-state index is 0. The highest BCUT2D eigenvalue weighted by Crippen LogP contribution is 2.23. The van der Waals surface area contributed by atoms with Crippen molar-refractivity contribution in [3.8, 4) is 0 Å². The normalized spacial score (nSPS) is 18.6. The summed E-state index contributed by atoms with van der Waals surface area (Å²) in [5, 5.41) is 1.16. The van der Waals surface area contributed by atoms with E-state index in [1.165, 1.54) is 10.3 Å². The quantitative estimate of drug-likeness (QED) is 0.357. The summed E-state index contributed by atoms with van der Waals surface area (Å²) in [6.07, 6.45) is 0. The molecule has 0 saturated carbocycles. The lowest BCUT2D eigenvalue weighted by Gasteiger charge is -1.85. The Labute approximate surface area is 91.9 Å². The molecule has 1 aromatic rings. The molecule has 2 rings (SSSR count). The van der Waals surface area contributed by atoms with Gasteiger partial charge in [0.1, 0.15) is 4.51 Å². The molecule has 1 nitrogen and oxygen atoms in total. The van der Waals surface area contributed by atoms with Gasteiger partial charge in [-0.15, -0.1) is 0 Å². The lowest BCUT2D eigenvalue weighted by molar-refractivity contribution is -0.00000225. The summed E-state index contributed by atoms with van der Waals surface area (Å²) in [6.45, 7) is 2.21. The molecule has 1 atom stereocenters. The number of para-hydroxylation sites is 1. The van der Waals surface area contributed by atoms with Gasteiger partial charge in [0.15, 0.2) is 5.88 Å². The average molecular weight is 291 g/mol. The summed E-state index contributed by atoms with van der Waals surface area (Å²) in [5.41, 5.74) is 0. The minimum atomic E-state index is 0. The van der Waals surface area contributed by atoms with Gasteiger partial charge in [-0.3, -0.25) is 0 Å². The first-order chi connectivity index (χ1) is 5.42. The predicted octanol–water partition coefficient (Wildman–Crippen LogP) is -1.02. The van der Waals surface area contributed by atoms with Gasteiger partial charge in [-0.05, 0) is 22.6 Å². The Hall–Kier alpha value is -0.0300. The zero-order valence-electron chi connectivity index (χ0n) is 6.83. The van der Waals surface area contributed by atoms with Gasteiger partial charge in [0.25, 0.3) is 0 Å². The Kier molecular flexibility index (Phi) is 3.58. The zero-order valence-corrected chi connectivity index (χ0v) is 9.80. The fourth-order valence-electron chi connectivity index (χ4n) is 1.19. The van der Waals surface area contributed by atoms with Crippen molar-refractivity contribution in [2.24, 2.45) is 4.99 Å². The van der Waals surface area contributed by atoms with Crippen molar-refractivity contribution in [1.82, 2.24) is 0 Å². The Balaban J connectivity index is 0.000000720. The van der Waals surface area contributed by atoms with Crippen LogP contribution in [0, 0.1) is 10.4 Å². The molecule has 0 amide bonds. The van der Waals surface area contributed by atoms with E-state index in [4.69, 9.17) is 0 Å². The second-order valence-corrected chi connectivity index (χ2v) is 4.51. The summed E-state index contributed by atoms with van der Waals surface area (Å²) >= 11 is 0. The first kappa shape index (κ1) is 10.1. The number of rotatable bonds is 1. The Morgan fingerprint density at radius 3 is 2.92 bits per heavy atom. The van der Waals surface area contributed by atoms with Crippen LogP contribution in [-0.4, -0.2) is 5.75 Å². The van der Waals surface area contributed by atoms with Crippen LogP contribution < -0.4 is 29.3 Å². The number of halogens is 1. The first-order valence-corrected chi connectivity index (χ1v) is 5.20. The molecule has 12 heavy (non-hydrogen) atoms. The smallest absolute Gasteiger partial charge is 0.217 e. The lowest BCUT2D eigenvalue weighted by atomic mass is 10.3. The fraction of sp³-hybridized carbons (Fsp3) is 0.222. The number of benzene rings is 1. The van der Waals surface area contributed by atoms with E-state index in [-0.39, 0.29) is 24.0 Å². The molecule has 0 spiro atoms. The van der Waals surface area contributed by atoms with E-state index in [9.17, 15) is 0 Å². The second kappa shape index (κ2) is 4.28. The standard InChI is InChI=1S/C9H10NS.HI/c1-2-11-7-10-8-5-3-4-6-9(8)11;/h3-7H,2H2,1H3;1H/q+1;/p-1. The van der Waals surface area contributed by atoms with E-state index in [1.54, 1.807) is 0 Å². The molecule has 3 heteroatoms. The molecule has 0 bridgehead atoms. The SMILES string of the molecule is CCS1=c2ccccc2=N[CH+]1.[I-]. The van der Waals surface area contributed by atoms with Gasteiger partial charge in [-0.2, -0.15) is 0 Å². The number of nitrogens with zero attached hydrogens (tertiary/aromatic N) is 1. The van der Waals surface area contributed by atoms with Gasteiger partial charge < -0.3 is 24.0 Å². The molecule has 0 fully saturated rings. The Morgan fingerprint density at radius 1 is 1.42 bits per heavy atom. The molecule has 0 aliphatic carbocycles. The van der Waals surface area contributed by atoms with Crippen LogP contribution in [-0.2, 0) is 0 Å². The maximum atomic E-state index is 4.34. The van der Waals surface area contributed by atoms with Gasteiger partial charge in [0.2, 0.25) is 5.36 Å². The molecule has 0 radical (unpaired) electrons. The van der Waals surface area contributed by atoms with E-state index in [0.29, 0.717) is 10.5 Å². The number of hydrogen-bond donors (Lipinski definition) is 0. The topological polar surface area (TPSA) is 12.4 Å². The molecule has 0 saturated heterocycles. The Bertz CT molecular complexity index is 386. The zero-order chi connectivity index (χ0) is 7.68. The largest absolute Gasteiger partial charge is 1.00 e. The number of hydrogen-bond acceptors (Lipinski definition) is 1. The molecular formula is C9H10INS. The highest BCUT2D eigenvalue weighted by Gasteiger charge is 2.11. The van der Waals surface area contributed by atoms with Gasteiger partial charge in [0, 0.05) is 5.75 Å². The van der Waals surface area contributed by atoms with Crippen LogP contribution in [0.3, 0.4) is 0 Å². The monoisotopic (exact) mass is 291 g/mol. The third-order valence-corrected chi connectivity index (χ3v) is 3.67. The van der Waals surface area contributed by atoms with Crippen LogP contribution in [0.25, 0.3) is 0 Å². The molecule has 1 aliphatic heterocycles. The summed E-state index contributed by atoms with van der Waals surface area (Å²) in [4.78, 5) is 4.34. The van der Waals surface area contributed by atoms with Crippen molar-refractivity contribution < 1.29 is 24.0 Å². The van der Waals surface area contributed by atoms with Gasteiger partial charge >= 0.3 is 0 Å². The predicted molar refractivity (Wildman–Crippen MR) is 48.9 cm³/mol. The summed E-state index contributed by atoms with van der Waals surface area (Å²) in [6, 6.07) is 8.38. The van der Waals surface area contributed by atoms with E-state index in [0.717, 1.165) is 5.36 Å². The van der Waals surface area contributed by atoms with E-state index < -0.39 is 0 Å². The molecule has 1 aliphatic rings. The van der Waals surface area contributed by atoms with Gasteiger partial charge in [0.05, 0.1) is 6.07 Å². The van der Waals surface area contributed by atoms with Crippen LogP contribution in [0.15, 0.2) is 29.3 Å². The molecular weight excluding hydrogens is 281 g/mol. The molecule has 0 aromatic heterocycles. The van der Waals surface area contributed by atoms with Crippen molar-refractivity contribution in [1.29, 1.82) is 0 Å². The van der Waals surface area contributed by atoms with Crippen molar-refractivity contribution in [2.45, 2.75) is 6.92 Å². The summed E-state index contributed by atoms with van der Waals surface area (Å²) < 4.78 is 1.41. The van der Waals surface area contributed by atoms with E-state index in [1.807, 2.05) is 6.07 Å². The number of fused-ring (bicyclic) bond motifs is 1. The summed E-state index contributed by atoms with van der Waals surface area (Å²) in [5.74, 6) is 3.26. The van der Waals surface area contributed by atoms with E-state index >= 15 is 0 Å². The van der Waals surface area contributed by atoms with Crippen molar-refractivity contribution in [3.05, 3.63) is 40.0 Å². The minimum Gasteiger partial charge on any atom is -1.00 e. The van der Waals surface area contributed by atoms with Gasteiger partial charge in [-0.25, -0.2) is 0 Å². The second-order valence-electron chi connectivity index (χ2n) is 2.42. The van der Waals surface area contributed by atoms with Crippen LogP contribution in [0.2, 0.25) is 0 Å². The molecule has 64 valence electrons. The maximum Gasteiger partial charge on any atom is 0.217 e. The van der Waals surface area contributed by atoms with Crippen LogP contribution in [0.1, 0.15) is 6.92 Å². The highest BCUT2D eigenvalue weighted by atomic mass is 127. The third-order valence-electron chi connectivity index (χ3n) is 1.78. The molecule has 0 N–H and O–H groups in total. The van der Waals surface area contributed by atoms with Crippen molar-refractivity contribution >= 4 is 10.5 Å². The van der Waals surface area contributed by atoms with Crippen molar-refractivity contribution in [3.63, 3.8) is 0 Å². The molecule has 1 aromatic carbocycles. The third kappa shape index (κ3) is 1.66. The van der Waals surface area contributed by atoms with Crippen LogP contribution in [0.5, 0.6) is 0 Å². The fourth-order valence-corrected chi connectivity index (χ4v) is 2.65.